The molecule has 1 aliphatic rings. The predicted octanol–water partition coefficient (Wildman–Crippen LogP) is 0.231. The zero-order valence-electron chi connectivity index (χ0n) is 17.1. The van der Waals surface area contributed by atoms with Crippen LogP contribution < -0.4 is 10.2 Å². The summed E-state index contributed by atoms with van der Waals surface area (Å²) in [7, 11) is 1.03. The summed E-state index contributed by atoms with van der Waals surface area (Å²) >= 11 is 0. The van der Waals surface area contributed by atoms with Crippen LogP contribution in [0.4, 0.5) is 0 Å². The van der Waals surface area contributed by atoms with Crippen LogP contribution in [0.15, 0.2) is 51.7 Å². The lowest BCUT2D eigenvalue weighted by Gasteiger charge is -2.38. The zero-order valence-corrected chi connectivity index (χ0v) is 17.1. The lowest BCUT2D eigenvalue weighted by molar-refractivity contribution is -0.271. The Balaban J connectivity index is 1.82. The molecule has 5 unspecified atom stereocenters. The number of carbonyl (C=O) groups excluding carboxylic acids is 1. The van der Waals surface area contributed by atoms with Gasteiger partial charge in [0.1, 0.15) is 35.2 Å². The SMILES string of the molecule is COC(=O)C1OC(Oc2c(O)cc(O)c3c(=O)cc(-c4ccccc4)oc23)C(O)C(O)C1O. The van der Waals surface area contributed by atoms with Gasteiger partial charge < -0.3 is 44.2 Å². The molecule has 0 radical (unpaired) electrons. The lowest BCUT2D eigenvalue weighted by atomic mass is 9.99. The molecule has 0 bridgehead atoms. The summed E-state index contributed by atoms with van der Waals surface area (Å²) in [5.74, 6) is -2.72. The molecule has 11 nitrogen and oxygen atoms in total. The molecule has 5 N–H and O–H groups in total. The van der Waals surface area contributed by atoms with Crippen LogP contribution >= 0.6 is 0 Å². The molecule has 3 aromatic rings. The van der Waals surface area contributed by atoms with Gasteiger partial charge in [-0.2, -0.15) is 0 Å². The quantitative estimate of drug-likeness (QED) is 0.337. The number of ether oxygens (including phenoxy) is 3. The van der Waals surface area contributed by atoms with Gasteiger partial charge in [-0.25, -0.2) is 4.79 Å². The van der Waals surface area contributed by atoms with E-state index in [0.717, 1.165) is 19.2 Å². The van der Waals surface area contributed by atoms with Crippen LogP contribution in [0.1, 0.15) is 0 Å². The van der Waals surface area contributed by atoms with Crippen molar-refractivity contribution in [2.24, 2.45) is 0 Å². The summed E-state index contributed by atoms with van der Waals surface area (Å²) in [4.78, 5) is 24.6. The van der Waals surface area contributed by atoms with Crippen LogP contribution in [0.2, 0.25) is 0 Å². The predicted molar refractivity (Wildman–Crippen MR) is 111 cm³/mol. The third-order valence-electron chi connectivity index (χ3n) is 5.21. The molecule has 174 valence electrons. The van der Waals surface area contributed by atoms with Crippen molar-refractivity contribution in [2.75, 3.05) is 7.11 Å². The van der Waals surface area contributed by atoms with Crippen LogP contribution in [0.3, 0.4) is 0 Å². The molecule has 0 saturated carbocycles. The molecule has 1 fully saturated rings. The van der Waals surface area contributed by atoms with Crippen molar-refractivity contribution in [3.63, 3.8) is 0 Å². The van der Waals surface area contributed by atoms with Gasteiger partial charge in [-0.3, -0.25) is 4.79 Å². The van der Waals surface area contributed by atoms with E-state index in [1.807, 2.05) is 0 Å². The van der Waals surface area contributed by atoms with Crippen molar-refractivity contribution >= 4 is 16.9 Å². The smallest absolute Gasteiger partial charge is 0.337 e. The van der Waals surface area contributed by atoms with Crippen molar-refractivity contribution in [2.45, 2.75) is 30.7 Å². The summed E-state index contributed by atoms with van der Waals surface area (Å²) in [5.41, 5.74) is -0.501. The minimum absolute atomic E-state index is 0.0935. The number of aliphatic hydroxyl groups excluding tert-OH is 3. The molecule has 4 rings (SSSR count). The average Bonchev–Trinajstić information content (AvgIpc) is 2.81. The molecule has 1 saturated heterocycles. The molecular weight excluding hydrogens is 440 g/mol. The number of benzene rings is 2. The second kappa shape index (κ2) is 8.71. The summed E-state index contributed by atoms with van der Waals surface area (Å²) in [6.45, 7) is 0. The number of carbonyl (C=O) groups is 1. The van der Waals surface area contributed by atoms with Crippen LogP contribution in [0, 0.1) is 0 Å². The average molecular weight is 460 g/mol. The third-order valence-corrected chi connectivity index (χ3v) is 5.21. The Morgan fingerprint density at radius 2 is 1.67 bits per heavy atom. The maximum Gasteiger partial charge on any atom is 0.337 e. The molecule has 1 aliphatic heterocycles. The van der Waals surface area contributed by atoms with E-state index in [2.05, 4.69) is 4.74 Å². The molecule has 1 aromatic heterocycles. The Hall–Kier alpha value is -3.64. The third kappa shape index (κ3) is 3.98. The second-order valence-electron chi connectivity index (χ2n) is 7.33. The van der Waals surface area contributed by atoms with Crippen molar-refractivity contribution in [3.8, 4) is 28.6 Å². The van der Waals surface area contributed by atoms with Crippen molar-refractivity contribution in [1.82, 2.24) is 0 Å². The van der Waals surface area contributed by atoms with E-state index in [1.54, 1.807) is 30.3 Å². The number of esters is 1. The van der Waals surface area contributed by atoms with Gasteiger partial charge in [-0.15, -0.1) is 0 Å². The van der Waals surface area contributed by atoms with Crippen LogP contribution in [0.5, 0.6) is 17.2 Å². The highest BCUT2D eigenvalue weighted by Gasteiger charge is 2.49. The highest BCUT2D eigenvalue weighted by molar-refractivity contribution is 5.91. The molecular formula is C22H20O11. The van der Waals surface area contributed by atoms with Crippen LogP contribution in [-0.2, 0) is 14.3 Å². The van der Waals surface area contributed by atoms with E-state index in [-0.39, 0.29) is 16.7 Å². The molecule has 0 aliphatic carbocycles. The molecule has 2 heterocycles. The number of methoxy groups -OCH3 is 1. The number of aliphatic hydroxyl groups is 3. The Kier molecular flexibility index (Phi) is 5.95. The van der Waals surface area contributed by atoms with Crippen LogP contribution in [0.25, 0.3) is 22.3 Å². The topological polar surface area (TPSA) is 176 Å². The largest absolute Gasteiger partial charge is 0.507 e. The van der Waals surface area contributed by atoms with Gasteiger partial charge in [-0.1, -0.05) is 30.3 Å². The van der Waals surface area contributed by atoms with Crippen LogP contribution in [-0.4, -0.2) is 69.3 Å². The van der Waals surface area contributed by atoms with E-state index >= 15 is 0 Å². The summed E-state index contributed by atoms with van der Waals surface area (Å²) in [6, 6.07) is 10.5. The fourth-order valence-corrected chi connectivity index (χ4v) is 3.51. The monoisotopic (exact) mass is 460 g/mol. The number of rotatable bonds is 4. The Labute approximate surface area is 185 Å². The van der Waals surface area contributed by atoms with Gasteiger partial charge in [0.25, 0.3) is 0 Å². The van der Waals surface area contributed by atoms with Gasteiger partial charge in [0, 0.05) is 17.7 Å². The maximum absolute atomic E-state index is 12.7. The van der Waals surface area contributed by atoms with Gasteiger partial charge >= 0.3 is 5.97 Å². The highest BCUT2D eigenvalue weighted by Crippen LogP contribution is 2.42. The first kappa shape index (κ1) is 22.6. The first-order chi connectivity index (χ1) is 15.7. The zero-order chi connectivity index (χ0) is 23.9. The molecule has 0 spiro atoms. The van der Waals surface area contributed by atoms with E-state index < -0.39 is 59.4 Å². The van der Waals surface area contributed by atoms with E-state index in [9.17, 15) is 35.1 Å². The van der Waals surface area contributed by atoms with Gasteiger partial charge in [-0.05, 0) is 0 Å². The Bertz CT molecular complexity index is 1240. The van der Waals surface area contributed by atoms with E-state index in [4.69, 9.17) is 13.9 Å². The number of fused-ring (bicyclic) bond motifs is 1. The minimum Gasteiger partial charge on any atom is -0.507 e. The standard InChI is InChI=1S/C22H20O11/c1-30-21(29)20-16(27)15(26)17(28)22(33-20)32-18-12(25)7-10(23)14-11(24)8-13(31-19(14)18)9-5-3-2-4-6-9/h2-8,15-17,20,22-23,25-28H,1H3. The molecule has 33 heavy (non-hydrogen) atoms. The van der Waals surface area contributed by atoms with Crippen molar-refractivity contribution in [1.29, 1.82) is 0 Å². The number of aromatic hydroxyl groups is 2. The fourth-order valence-electron chi connectivity index (χ4n) is 3.51. The first-order valence-electron chi connectivity index (χ1n) is 9.75. The fraction of sp³-hybridized carbons (Fsp3) is 0.273. The maximum atomic E-state index is 12.7. The number of hydrogen-bond donors (Lipinski definition) is 5. The highest BCUT2D eigenvalue weighted by atomic mass is 16.7. The number of phenols is 2. The minimum atomic E-state index is -1.87. The van der Waals surface area contributed by atoms with Gasteiger partial charge in [0.05, 0.1) is 7.11 Å². The second-order valence-corrected chi connectivity index (χ2v) is 7.33. The summed E-state index contributed by atoms with van der Waals surface area (Å²) in [6.07, 6.45) is -9.06. The van der Waals surface area contributed by atoms with Gasteiger partial charge in [0.2, 0.25) is 12.0 Å². The Morgan fingerprint density at radius 1 is 0.970 bits per heavy atom. The number of phenolic OH excluding ortho intramolecular Hbond substituents is 2. The first-order valence-corrected chi connectivity index (χ1v) is 9.75. The van der Waals surface area contributed by atoms with Crippen molar-refractivity contribution < 1.29 is 49.0 Å². The van der Waals surface area contributed by atoms with Gasteiger partial charge in [0.15, 0.2) is 22.9 Å². The molecule has 0 amide bonds. The van der Waals surface area contributed by atoms with E-state index in [0.29, 0.717) is 5.56 Å². The Morgan fingerprint density at radius 3 is 2.33 bits per heavy atom. The molecule has 11 heteroatoms. The summed E-state index contributed by atoms with van der Waals surface area (Å²) in [5, 5.41) is 50.8. The normalized spacial score (nSPS) is 25.0. The number of hydrogen-bond acceptors (Lipinski definition) is 11. The van der Waals surface area contributed by atoms with Crippen molar-refractivity contribution in [3.05, 3.63) is 52.7 Å². The molecule has 5 atom stereocenters. The van der Waals surface area contributed by atoms with E-state index in [1.165, 1.54) is 0 Å². The lowest BCUT2D eigenvalue weighted by Crippen LogP contribution is -2.61. The molecule has 2 aromatic carbocycles. The summed E-state index contributed by atoms with van der Waals surface area (Å²) < 4.78 is 21.1.